The van der Waals surface area contributed by atoms with Crippen molar-refractivity contribution < 1.29 is 9.53 Å². The van der Waals surface area contributed by atoms with Crippen molar-refractivity contribution >= 4 is 17.4 Å². The molecule has 8 nitrogen and oxygen atoms in total. The summed E-state index contributed by atoms with van der Waals surface area (Å²) in [5.41, 5.74) is 4.35. The minimum absolute atomic E-state index is 0.0751. The van der Waals surface area contributed by atoms with E-state index in [-0.39, 0.29) is 24.5 Å². The molecule has 0 aliphatic heterocycles. The van der Waals surface area contributed by atoms with Gasteiger partial charge in [-0.1, -0.05) is 0 Å². The van der Waals surface area contributed by atoms with Gasteiger partial charge in [-0.25, -0.2) is 4.79 Å². The Balaban J connectivity index is 3.15. The molecule has 1 amide bonds. The first kappa shape index (κ1) is 14.0. The molecule has 1 rings (SSSR count). The molecule has 3 N–H and O–H groups in total. The summed E-state index contributed by atoms with van der Waals surface area (Å²) < 4.78 is 6.71. The second kappa shape index (κ2) is 5.50. The maximum atomic E-state index is 11.8. The summed E-state index contributed by atoms with van der Waals surface area (Å²) in [5, 5.41) is 2.39. The van der Waals surface area contributed by atoms with Crippen LogP contribution in [-0.4, -0.2) is 28.8 Å². The quantitative estimate of drug-likeness (QED) is 0.691. The van der Waals surface area contributed by atoms with E-state index in [9.17, 15) is 14.4 Å². The first-order valence-electron chi connectivity index (χ1n) is 5.24. The monoisotopic (exact) mass is 256 g/mol. The van der Waals surface area contributed by atoms with Gasteiger partial charge in [-0.3, -0.25) is 18.7 Å². The standard InChI is InChI=1S/C10H16N4O4/c1-13-8(11)7(9(16)14(2)10(13)17)12-6(15)4-5-18-3/h4-5,11H2,1-3H3,(H,12,15). The molecule has 0 aliphatic rings. The Bertz CT molecular complexity index is 572. The van der Waals surface area contributed by atoms with Gasteiger partial charge in [0.1, 0.15) is 11.5 Å². The molecular weight excluding hydrogens is 240 g/mol. The van der Waals surface area contributed by atoms with Crippen LogP contribution >= 0.6 is 0 Å². The molecule has 0 fully saturated rings. The lowest BCUT2D eigenvalue weighted by Gasteiger charge is -2.12. The van der Waals surface area contributed by atoms with E-state index in [0.29, 0.717) is 0 Å². The molecule has 1 heterocycles. The van der Waals surface area contributed by atoms with E-state index in [0.717, 1.165) is 9.13 Å². The molecule has 0 spiro atoms. The Morgan fingerprint density at radius 3 is 2.50 bits per heavy atom. The molecule has 0 saturated heterocycles. The predicted molar refractivity (Wildman–Crippen MR) is 66.5 cm³/mol. The average molecular weight is 256 g/mol. The number of nitrogens with zero attached hydrogens (tertiary/aromatic N) is 2. The molecule has 0 bridgehead atoms. The lowest BCUT2D eigenvalue weighted by Crippen LogP contribution is -2.40. The molecule has 8 heteroatoms. The molecule has 0 saturated carbocycles. The highest BCUT2D eigenvalue weighted by atomic mass is 16.5. The Morgan fingerprint density at radius 1 is 1.33 bits per heavy atom. The molecule has 18 heavy (non-hydrogen) atoms. The molecule has 0 aliphatic carbocycles. The van der Waals surface area contributed by atoms with Crippen LogP contribution in [0.1, 0.15) is 6.42 Å². The van der Waals surface area contributed by atoms with Crippen LogP contribution in [-0.2, 0) is 23.6 Å². The summed E-state index contributed by atoms with van der Waals surface area (Å²) in [6.45, 7) is 0.234. The van der Waals surface area contributed by atoms with Gasteiger partial charge in [0.05, 0.1) is 13.0 Å². The summed E-state index contributed by atoms with van der Waals surface area (Å²) in [7, 11) is 4.20. The molecule has 0 atom stereocenters. The van der Waals surface area contributed by atoms with E-state index in [2.05, 4.69) is 5.32 Å². The highest BCUT2D eigenvalue weighted by Gasteiger charge is 2.15. The van der Waals surface area contributed by atoms with E-state index >= 15 is 0 Å². The number of nitrogens with two attached hydrogens (primary N) is 1. The summed E-state index contributed by atoms with van der Waals surface area (Å²) in [5.74, 6) is -0.479. The van der Waals surface area contributed by atoms with Crippen molar-refractivity contribution in [3.05, 3.63) is 20.8 Å². The Labute approximate surface area is 103 Å². The van der Waals surface area contributed by atoms with Crippen molar-refractivity contribution in [3.8, 4) is 0 Å². The van der Waals surface area contributed by atoms with Gasteiger partial charge in [-0.05, 0) is 0 Å². The number of carbonyl (C=O) groups is 1. The van der Waals surface area contributed by atoms with Crippen LogP contribution in [0.4, 0.5) is 11.5 Å². The maximum Gasteiger partial charge on any atom is 0.332 e. The number of amides is 1. The first-order chi connectivity index (χ1) is 8.40. The second-order valence-corrected chi connectivity index (χ2v) is 3.76. The zero-order chi connectivity index (χ0) is 13.9. The largest absolute Gasteiger partial charge is 0.384 e. The molecule has 0 unspecified atom stereocenters. The Hall–Kier alpha value is -2.09. The van der Waals surface area contributed by atoms with Gasteiger partial charge in [0.2, 0.25) is 5.91 Å². The zero-order valence-electron chi connectivity index (χ0n) is 10.5. The van der Waals surface area contributed by atoms with Crippen LogP contribution in [0.2, 0.25) is 0 Å². The fraction of sp³-hybridized carbons (Fsp3) is 0.500. The third kappa shape index (κ3) is 2.59. The lowest BCUT2D eigenvalue weighted by atomic mass is 10.3. The molecule has 1 aromatic heterocycles. The summed E-state index contributed by atoms with van der Waals surface area (Å²) in [4.78, 5) is 34.8. The molecule has 0 aromatic carbocycles. The van der Waals surface area contributed by atoms with Crippen LogP contribution in [0.5, 0.6) is 0 Å². The fourth-order valence-electron chi connectivity index (χ4n) is 1.37. The van der Waals surface area contributed by atoms with Gasteiger partial charge >= 0.3 is 5.69 Å². The summed E-state index contributed by atoms with van der Waals surface area (Å²) >= 11 is 0. The third-order valence-corrected chi connectivity index (χ3v) is 2.51. The second-order valence-electron chi connectivity index (χ2n) is 3.76. The van der Waals surface area contributed by atoms with Gasteiger partial charge in [-0.15, -0.1) is 0 Å². The number of anilines is 2. The van der Waals surface area contributed by atoms with Crippen LogP contribution in [0.25, 0.3) is 0 Å². The zero-order valence-corrected chi connectivity index (χ0v) is 10.5. The van der Waals surface area contributed by atoms with Gasteiger partial charge in [0, 0.05) is 21.2 Å². The van der Waals surface area contributed by atoms with Crippen LogP contribution in [0, 0.1) is 0 Å². The average Bonchev–Trinajstić information content (AvgIpc) is 2.36. The minimum atomic E-state index is -0.638. The van der Waals surface area contributed by atoms with Crippen LogP contribution < -0.4 is 22.3 Å². The third-order valence-electron chi connectivity index (χ3n) is 2.51. The normalized spacial score (nSPS) is 10.4. The van der Waals surface area contributed by atoms with Gasteiger partial charge in [0.25, 0.3) is 5.56 Å². The SMILES string of the molecule is COCCC(=O)Nc1c(N)n(C)c(=O)n(C)c1=O. The predicted octanol–water partition coefficient (Wildman–Crippen LogP) is -1.36. The number of nitrogen functional groups attached to an aromatic ring is 1. The van der Waals surface area contributed by atoms with E-state index in [1.54, 1.807) is 0 Å². The summed E-state index contributed by atoms with van der Waals surface area (Å²) in [6.07, 6.45) is 0.0991. The number of ether oxygens (including phenoxy) is 1. The van der Waals surface area contributed by atoms with E-state index in [1.165, 1.54) is 21.2 Å². The fourth-order valence-corrected chi connectivity index (χ4v) is 1.37. The molecule has 0 radical (unpaired) electrons. The summed E-state index contributed by atoms with van der Waals surface area (Å²) in [6, 6.07) is 0. The van der Waals surface area contributed by atoms with Gasteiger partial charge in [0.15, 0.2) is 0 Å². The number of aromatic nitrogens is 2. The molecule has 100 valence electrons. The van der Waals surface area contributed by atoms with Gasteiger partial charge < -0.3 is 15.8 Å². The van der Waals surface area contributed by atoms with E-state index in [4.69, 9.17) is 10.5 Å². The van der Waals surface area contributed by atoms with E-state index < -0.39 is 17.2 Å². The minimum Gasteiger partial charge on any atom is -0.384 e. The molecule has 1 aromatic rings. The maximum absolute atomic E-state index is 11.8. The topological polar surface area (TPSA) is 108 Å². The lowest BCUT2D eigenvalue weighted by molar-refractivity contribution is -0.117. The van der Waals surface area contributed by atoms with Crippen LogP contribution in [0.3, 0.4) is 0 Å². The van der Waals surface area contributed by atoms with Crippen molar-refractivity contribution in [1.29, 1.82) is 0 Å². The number of carbonyl (C=O) groups excluding carboxylic acids is 1. The Kier molecular flexibility index (Phi) is 4.27. The number of rotatable bonds is 4. The van der Waals surface area contributed by atoms with Crippen molar-refractivity contribution in [2.45, 2.75) is 6.42 Å². The van der Waals surface area contributed by atoms with Gasteiger partial charge in [-0.2, -0.15) is 0 Å². The highest BCUT2D eigenvalue weighted by molar-refractivity contribution is 5.92. The highest BCUT2D eigenvalue weighted by Crippen LogP contribution is 2.09. The van der Waals surface area contributed by atoms with Crippen LogP contribution in [0.15, 0.2) is 9.59 Å². The van der Waals surface area contributed by atoms with Crippen molar-refractivity contribution in [3.63, 3.8) is 0 Å². The number of hydrogen-bond donors (Lipinski definition) is 2. The van der Waals surface area contributed by atoms with Crippen molar-refractivity contribution in [2.24, 2.45) is 14.1 Å². The van der Waals surface area contributed by atoms with Crippen molar-refractivity contribution in [1.82, 2.24) is 9.13 Å². The van der Waals surface area contributed by atoms with E-state index in [1.807, 2.05) is 0 Å². The molecular formula is C10H16N4O4. The number of methoxy groups -OCH3 is 1. The van der Waals surface area contributed by atoms with Crippen molar-refractivity contribution in [2.75, 3.05) is 24.8 Å². The first-order valence-corrected chi connectivity index (χ1v) is 5.24. The number of nitrogens with one attached hydrogen (secondary N) is 1. The number of hydrogen-bond acceptors (Lipinski definition) is 5. The smallest absolute Gasteiger partial charge is 0.332 e. The Morgan fingerprint density at radius 2 is 1.94 bits per heavy atom.